The summed E-state index contributed by atoms with van der Waals surface area (Å²) in [5.41, 5.74) is 5.57. The van der Waals surface area contributed by atoms with Crippen LogP contribution < -0.4 is 11.3 Å². The first-order chi connectivity index (χ1) is 7.61. The van der Waals surface area contributed by atoms with Gasteiger partial charge in [-0.15, -0.1) is 0 Å². The number of aliphatic hydroxyl groups excluding tert-OH is 2. The Kier molecular flexibility index (Phi) is 2.95. The number of ether oxygens (including phenoxy) is 1. The normalized spacial score (nSPS) is 29.5. The van der Waals surface area contributed by atoms with Crippen LogP contribution >= 0.6 is 0 Å². The first-order valence-electron chi connectivity index (χ1n) is 5.04. The molecule has 1 aliphatic heterocycles. The molecule has 0 saturated carbocycles. The molecule has 1 aromatic heterocycles. The van der Waals surface area contributed by atoms with Gasteiger partial charge in [0.05, 0.1) is 12.7 Å². The lowest BCUT2D eigenvalue weighted by molar-refractivity contribution is -0.0454. The van der Waals surface area contributed by atoms with Crippen LogP contribution in [-0.2, 0) is 4.74 Å². The summed E-state index contributed by atoms with van der Waals surface area (Å²) in [6, 6.07) is 2.88. The average molecular weight is 226 g/mol. The number of nitrogens with two attached hydrogens (primary N) is 1. The number of nitrogen functional groups attached to an aromatic ring is 1. The number of anilines is 1. The molecule has 1 saturated heterocycles. The molecule has 0 bridgehead atoms. The van der Waals surface area contributed by atoms with Gasteiger partial charge in [-0.2, -0.15) is 0 Å². The number of aliphatic hydroxyl groups is 2. The van der Waals surface area contributed by atoms with Crippen LogP contribution in [0.25, 0.3) is 0 Å². The third kappa shape index (κ3) is 1.95. The summed E-state index contributed by atoms with van der Waals surface area (Å²) in [6.45, 7) is -0.263. The van der Waals surface area contributed by atoms with Gasteiger partial charge in [0.2, 0.25) is 0 Å². The van der Waals surface area contributed by atoms with E-state index in [0.29, 0.717) is 5.69 Å². The maximum atomic E-state index is 11.6. The minimum absolute atomic E-state index is 0.263. The Morgan fingerprint density at radius 3 is 2.94 bits per heavy atom. The molecule has 88 valence electrons. The van der Waals surface area contributed by atoms with Gasteiger partial charge in [0, 0.05) is 24.4 Å². The molecular formula is C10H14N2O4. The minimum atomic E-state index is -0.751. The van der Waals surface area contributed by atoms with Crippen LogP contribution in [0, 0.1) is 0 Å². The fraction of sp³-hybridized carbons (Fsp3) is 0.500. The first kappa shape index (κ1) is 11.1. The van der Waals surface area contributed by atoms with Gasteiger partial charge in [-0.05, 0) is 6.07 Å². The zero-order chi connectivity index (χ0) is 11.7. The number of nitrogens with zero attached hydrogens (tertiary/aromatic N) is 1. The first-order valence-corrected chi connectivity index (χ1v) is 5.04. The standard InChI is InChI=1S/C10H14N2O4/c11-6-1-2-12(9(15)3-6)10-4-7(14)8(5-13)16-10/h1-3,7-8,10,13-14H,4-5,11H2/t7?,8-,10-/m1/s1. The summed E-state index contributed by atoms with van der Waals surface area (Å²) in [5.74, 6) is 0. The SMILES string of the molecule is Nc1ccn([C@H]2CC(O)[C@@H](CO)O2)c(=O)c1. The van der Waals surface area contributed by atoms with E-state index in [9.17, 15) is 9.90 Å². The Morgan fingerprint density at radius 2 is 2.38 bits per heavy atom. The zero-order valence-electron chi connectivity index (χ0n) is 8.61. The van der Waals surface area contributed by atoms with Gasteiger partial charge in [0.15, 0.2) is 0 Å². The third-order valence-electron chi connectivity index (χ3n) is 2.67. The molecule has 1 fully saturated rings. The van der Waals surface area contributed by atoms with Gasteiger partial charge in [0.1, 0.15) is 12.3 Å². The highest BCUT2D eigenvalue weighted by atomic mass is 16.5. The van der Waals surface area contributed by atoms with Crippen molar-refractivity contribution in [2.24, 2.45) is 0 Å². The molecule has 1 unspecified atom stereocenters. The van der Waals surface area contributed by atoms with E-state index >= 15 is 0 Å². The summed E-state index contributed by atoms with van der Waals surface area (Å²) >= 11 is 0. The van der Waals surface area contributed by atoms with E-state index in [4.69, 9.17) is 15.6 Å². The van der Waals surface area contributed by atoms with Crippen molar-refractivity contribution in [1.29, 1.82) is 0 Å². The van der Waals surface area contributed by atoms with Gasteiger partial charge in [-0.1, -0.05) is 0 Å². The van der Waals surface area contributed by atoms with Gasteiger partial charge in [-0.25, -0.2) is 0 Å². The molecule has 2 rings (SSSR count). The van der Waals surface area contributed by atoms with Gasteiger partial charge in [-0.3, -0.25) is 9.36 Å². The molecule has 3 atom stereocenters. The number of pyridine rings is 1. The summed E-state index contributed by atoms with van der Waals surface area (Å²) in [5, 5.41) is 18.5. The predicted molar refractivity (Wildman–Crippen MR) is 56.7 cm³/mol. The Hall–Kier alpha value is -1.37. The average Bonchev–Trinajstić information content (AvgIpc) is 2.59. The number of rotatable bonds is 2. The number of hydrogen-bond acceptors (Lipinski definition) is 5. The van der Waals surface area contributed by atoms with Crippen molar-refractivity contribution in [2.45, 2.75) is 24.9 Å². The summed E-state index contributed by atoms with van der Waals surface area (Å²) in [4.78, 5) is 11.6. The topological polar surface area (TPSA) is 97.7 Å². The Balaban J connectivity index is 2.23. The molecule has 0 radical (unpaired) electrons. The highest BCUT2D eigenvalue weighted by Crippen LogP contribution is 2.27. The monoisotopic (exact) mass is 226 g/mol. The quantitative estimate of drug-likeness (QED) is 0.605. The van der Waals surface area contributed by atoms with Crippen LogP contribution in [0.2, 0.25) is 0 Å². The van der Waals surface area contributed by atoms with Crippen molar-refractivity contribution in [1.82, 2.24) is 4.57 Å². The smallest absolute Gasteiger partial charge is 0.254 e. The molecule has 4 N–H and O–H groups in total. The molecular weight excluding hydrogens is 212 g/mol. The van der Waals surface area contributed by atoms with Crippen LogP contribution in [0.3, 0.4) is 0 Å². The Morgan fingerprint density at radius 1 is 1.62 bits per heavy atom. The summed E-state index contributed by atoms with van der Waals surface area (Å²) in [7, 11) is 0. The van der Waals surface area contributed by atoms with Crippen LogP contribution in [0.5, 0.6) is 0 Å². The maximum absolute atomic E-state index is 11.6. The van der Waals surface area contributed by atoms with Crippen molar-refractivity contribution in [3.8, 4) is 0 Å². The Labute approximate surface area is 91.9 Å². The van der Waals surface area contributed by atoms with Crippen LogP contribution in [0.4, 0.5) is 5.69 Å². The highest BCUT2D eigenvalue weighted by molar-refractivity contribution is 5.34. The van der Waals surface area contributed by atoms with Crippen molar-refractivity contribution >= 4 is 5.69 Å². The van der Waals surface area contributed by atoms with E-state index in [1.807, 2.05) is 0 Å². The molecule has 2 heterocycles. The molecule has 0 aromatic carbocycles. The van der Waals surface area contributed by atoms with Crippen LogP contribution in [0.1, 0.15) is 12.6 Å². The van der Waals surface area contributed by atoms with Gasteiger partial charge >= 0.3 is 0 Å². The minimum Gasteiger partial charge on any atom is -0.399 e. The summed E-state index contributed by atoms with van der Waals surface area (Å²) < 4.78 is 6.71. The predicted octanol–water partition coefficient (Wildman–Crippen LogP) is -0.929. The molecule has 0 aliphatic carbocycles. The van der Waals surface area contributed by atoms with E-state index in [0.717, 1.165) is 0 Å². The molecule has 16 heavy (non-hydrogen) atoms. The van der Waals surface area contributed by atoms with E-state index in [1.165, 1.54) is 16.8 Å². The molecule has 0 amide bonds. The largest absolute Gasteiger partial charge is 0.399 e. The fourth-order valence-electron chi connectivity index (χ4n) is 1.79. The lowest BCUT2D eigenvalue weighted by Gasteiger charge is -2.14. The molecule has 0 spiro atoms. The highest BCUT2D eigenvalue weighted by Gasteiger charge is 2.34. The molecule has 1 aromatic rings. The number of aromatic nitrogens is 1. The summed E-state index contributed by atoms with van der Waals surface area (Å²) in [6.07, 6.45) is -0.113. The van der Waals surface area contributed by atoms with E-state index < -0.39 is 18.4 Å². The van der Waals surface area contributed by atoms with Crippen LogP contribution in [0.15, 0.2) is 23.1 Å². The molecule has 6 heteroatoms. The molecule has 1 aliphatic rings. The maximum Gasteiger partial charge on any atom is 0.254 e. The van der Waals surface area contributed by atoms with Crippen LogP contribution in [-0.4, -0.2) is 33.6 Å². The number of hydrogen-bond donors (Lipinski definition) is 3. The van der Waals surface area contributed by atoms with E-state index in [-0.39, 0.29) is 18.6 Å². The van der Waals surface area contributed by atoms with Crippen molar-refractivity contribution < 1.29 is 14.9 Å². The van der Waals surface area contributed by atoms with E-state index in [2.05, 4.69) is 0 Å². The second kappa shape index (κ2) is 4.25. The van der Waals surface area contributed by atoms with Gasteiger partial charge in [0.25, 0.3) is 5.56 Å². The second-order valence-corrected chi connectivity index (χ2v) is 3.82. The van der Waals surface area contributed by atoms with Crippen molar-refractivity contribution in [3.05, 3.63) is 28.7 Å². The molecule has 6 nitrogen and oxygen atoms in total. The van der Waals surface area contributed by atoms with Crippen molar-refractivity contribution in [3.63, 3.8) is 0 Å². The Bertz CT molecular complexity index is 431. The van der Waals surface area contributed by atoms with Gasteiger partial charge < -0.3 is 20.7 Å². The van der Waals surface area contributed by atoms with Crippen molar-refractivity contribution in [2.75, 3.05) is 12.3 Å². The fourth-order valence-corrected chi connectivity index (χ4v) is 1.79. The zero-order valence-corrected chi connectivity index (χ0v) is 8.61. The second-order valence-electron chi connectivity index (χ2n) is 3.82. The van der Waals surface area contributed by atoms with E-state index in [1.54, 1.807) is 6.07 Å². The lowest BCUT2D eigenvalue weighted by atomic mass is 10.2. The lowest BCUT2D eigenvalue weighted by Crippen LogP contribution is -2.25. The third-order valence-corrected chi connectivity index (χ3v) is 2.67.